The fourth-order valence-electron chi connectivity index (χ4n) is 1.16. The first-order valence-corrected chi connectivity index (χ1v) is 4.94. The van der Waals surface area contributed by atoms with E-state index in [0.717, 1.165) is 10.6 Å². The second-order valence-electron chi connectivity index (χ2n) is 3.34. The number of likely N-dealkylation sites (N-methyl/N-ethyl adjacent to an activating group) is 1. The van der Waals surface area contributed by atoms with Gasteiger partial charge in [0.1, 0.15) is 0 Å². The number of nitrogens with two attached hydrogens (primary N) is 1. The van der Waals surface area contributed by atoms with E-state index in [9.17, 15) is 9.59 Å². The van der Waals surface area contributed by atoms with Crippen molar-refractivity contribution in [3.05, 3.63) is 41.5 Å². The van der Waals surface area contributed by atoms with Crippen molar-refractivity contribution in [1.82, 2.24) is 5.06 Å². The molecule has 0 radical (unpaired) electrons. The van der Waals surface area contributed by atoms with Gasteiger partial charge in [-0.3, -0.25) is 14.4 Å². The number of primary amides is 1. The normalized spacial score (nSPS) is 10.5. The zero-order valence-corrected chi connectivity index (χ0v) is 9.71. The standard InChI is InChI=1S/C12H14N2O3/c1-14(17-2)11(15)7-6-9-4-3-5-10(8-9)12(13)16/h3-8H,1-2H3,(H2,13,16)/b7-6+. The Morgan fingerprint density at radius 2 is 2.12 bits per heavy atom. The third-order valence-electron chi connectivity index (χ3n) is 2.17. The molecule has 0 aliphatic heterocycles. The van der Waals surface area contributed by atoms with Crippen molar-refractivity contribution < 1.29 is 14.4 Å². The van der Waals surface area contributed by atoms with Crippen LogP contribution in [0.25, 0.3) is 6.08 Å². The molecule has 0 aromatic heterocycles. The number of rotatable bonds is 4. The van der Waals surface area contributed by atoms with E-state index >= 15 is 0 Å². The lowest BCUT2D eigenvalue weighted by atomic mass is 10.1. The molecule has 17 heavy (non-hydrogen) atoms. The van der Waals surface area contributed by atoms with E-state index in [1.54, 1.807) is 30.3 Å². The largest absolute Gasteiger partial charge is 0.366 e. The molecule has 1 rings (SSSR count). The highest BCUT2D eigenvalue weighted by atomic mass is 16.7. The molecule has 0 unspecified atom stereocenters. The average molecular weight is 234 g/mol. The highest BCUT2D eigenvalue weighted by Gasteiger charge is 2.03. The second kappa shape index (κ2) is 5.81. The predicted octanol–water partition coefficient (Wildman–Crippen LogP) is 0.818. The van der Waals surface area contributed by atoms with Crippen molar-refractivity contribution in [2.45, 2.75) is 0 Å². The van der Waals surface area contributed by atoms with Crippen molar-refractivity contribution in [1.29, 1.82) is 0 Å². The Kier molecular flexibility index (Phi) is 4.42. The Hall–Kier alpha value is -2.14. The van der Waals surface area contributed by atoms with Crippen LogP contribution in [0.15, 0.2) is 30.3 Å². The van der Waals surface area contributed by atoms with E-state index in [1.165, 1.54) is 20.2 Å². The van der Waals surface area contributed by atoms with Crippen LogP contribution in [0, 0.1) is 0 Å². The Balaban J connectivity index is 2.81. The Labute approximate surface area is 99.4 Å². The molecule has 2 amide bonds. The highest BCUT2D eigenvalue weighted by Crippen LogP contribution is 2.06. The minimum absolute atomic E-state index is 0.294. The topological polar surface area (TPSA) is 72.6 Å². The van der Waals surface area contributed by atoms with E-state index < -0.39 is 5.91 Å². The number of hydrogen-bond acceptors (Lipinski definition) is 3. The predicted molar refractivity (Wildman–Crippen MR) is 63.8 cm³/mol. The average Bonchev–Trinajstić information content (AvgIpc) is 2.35. The third-order valence-corrected chi connectivity index (χ3v) is 2.17. The van der Waals surface area contributed by atoms with Crippen LogP contribution in [-0.2, 0) is 9.63 Å². The summed E-state index contributed by atoms with van der Waals surface area (Å²) in [4.78, 5) is 27.1. The molecule has 1 aromatic rings. The first-order chi connectivity index (χ1) is 8.04. The van der Waals surface area contributed by atoms with Crippen molar-refractivity contribution in [3.63, 3.8) is 0 Å². The summed E-state index contributed by atoms with van der Waals surface area (Å²) in [5, 5.41) is 1.09. The van der Waals surface area contributed by atoms with Crippen LogP contribution in [0.3, 0.4) is 0 Å². The molecule has 0 aliphatic rings. The lowest BCUT2D eigenvalue weighted by molar-refractivity contribution is -0.162. The molecule has 0 atom stereocenters. The Morgan fingerprint density at radius 3 is 2.71 bits per heavy atom. The SMILES string of the molecule is CON(C)C(=O)/C=C/c1cccc(C(N)=O)c1. The highest BCUT2D eigenvalue weighted by molar-refractivity contribution is 5.94. The fraction of sp³-hybridized carbons (Fsp3) is 0.167. The third kappa shape index (κ3) is 3.73. The molecule has 0 spiro atoms. The first kappa shape index (κ1) is 12.9. The number of benzene rings is 1. The van der Waals surface area contributed by atoms with Gasteiger partial charge in [0, 0.05) is 18.7 Å². The number of nitrogens with zero attached hydrogens (tertiary/aromatic N) is 1. The summed E-state index contributed by atoms with van der Waals surface area (Å²) in [5.74, 6) is -0.794. The van der Waals surface area contributed by atoms with Crippen LogP contribution in [0.4, 0.5) is 0 Å². The van der Waals surface area contributed by atoms with Gasteiger partial charge in [0.05, 0.1) is 7.11 Å². The Bertz CT molecular complexity index is 455. The molecule has 5 nitrogen and oxygen atoms in total. The van der Waals surface area contributed by atoms with Crippen LogP contribution < -0.4 is 5.73 Å². The molecule has 0 bridgehead atoms. The maximum atomic E-state index is 11.4. The quantitative estimate of drug-likeness (QED) is 0.619. The molecular formula is C12H14N2O3. The van der Waals surface area contributed by atoms with Crippen LogP contribution in [-0.4, -0.2) is 31.0 Å². The van der Waals surface area contributed by atoms with E-state index in [-0.39, 0.29) is 5.91 Å². The summed E-state index contributed by atoms with van der Waals surface area (Å²) in [6.07, 6.45) is 2.94. The molecule has 1 aromatic carbocycles. The summed E-state index contributed by atoms with van der Waals surface area (Å²) in [7, 11) is 2.91. The minimum atomic E-state index is -0.499. The number of carbonyl (C=O) groups is 2. The molecule has 0 fully saturated rings. The summed E-state index contributed by atoms with van der Waals surface area (Å²) in [5.41, 5.74) is 6.27. The van der Waals surface area contributed by atoms with Crippen LogP contribution in [0.5, 0.6) is 0 Å². The summed E-state index contributed by atoms with van der Waals surface area (Å²) >= 11 is 0. The van der Waals surface area contributed by atoms with E-state index in [0.29, 0.717) is 5.56 Å². The minimum Gasteiger partial charge on any atom is -0.366 e. The van der Waals surface area contributed by atoms with Crippen LogP contribution in [0.2, 0.25) is 0 Å². The molecule has 2 N–H and O–H groups in total. The van der Waals surface area contributed by atoms with Crippen molar-refractivity contribution in [3.8, 4) is 0 Å². The van der Waals surface area contributed by atoms with Crippen molar-refractivity contribution >= 4 is 17.9 Å². The van der Waals surface area contributed by atoms with Gasteiger partial charge in [-0.2, -0.15) is 0 Å². The molecule has 0 heterocycles. The van der Waals surface area contributed by atoms with Gasteiger partial charge >= 0.3 is 0 Å². The zero-order valence-electron chi connectivity index (χ0n) is 9.71. The maximum Gasteiger partial charge on any atom is 0.269 e. The molecule has 0 saturated heterocycles. The molecule has 90 valence electrons. The number of amides is 2. The van der Waals surface area contributed by atoms with Gasteiger partial charge in [0.25, 0.3) is 5.91 Å². The second-order valence-corrected chi connectivity index (χ2v) is 3.34. The van der Waals surface area contributed by atoms with Gasteiger partial charge in [0.15, 0.2) is 0 Å². The summed E-state index contributed by atoms with van der Waals surface area (Å²) < 4.78 is 0. The molecule has 0 saturated carbocycles. The summed E-state index contributed by atoms with van der Waals surface area (Å²) in [6, 6.07) is 6.69. The smallest absolute Gasteiger partial charge is 0.269 e. The fourth-order valence-corrected chi connectivity index (χ4v) is 1.16. The molecule has 5 heteroatoms. The van der Waals surface area contributed by atoms with E-state index in [2.05, 4.69) is 0 Å². The molecular weight excluding hydrogens is 220 g/mol. The van der Waals surface area contributed by atoms with E-state index in [4.69, 9.17) is 10.6 Å². The van der Waals surface area contributed by atoms with Gasteiger partial charge in [-0.15, -0.1) is 0 Å². The molecule has 0 aliphatic carbocycles. The monoisotopic (exact) mass is 234 g/mol. The first-order valence-electron chi connectivity index (χ1n) is 4.94. The van der Waals surface area contributed by atoms with Gasteiger partial charge in [0.2, 0.25) is 5.91 Å². The van der Waals surface area contributed by atoms with Crippen LogP contribution in [0.1, 0.15) is 15.9 Å². The lowest BCUT2D eigenvalue weighted by Gasteiger charge is -2.09. The van der Waals surface area contributed by atoms with Gasteiger partial charge in [-0.05, 0) is 23.8 Å². The zero-order chi connectivity index (χ0) is 12.8. The van der Waals surface area contributed by atoms with Crippen LogP contribution >= 0.6 is 0 Å². The van der Waals surface area contributed by atoms with Gasteiger partial charge in [-0.1, -0.05) is 12.1 Å². The van der Waals surface area contributed by atoms with E-state index in [1.807, 2.05) is 0 Å². The van der Waals surface area contributed by atoms with Gasteiger partial charge < -0.3 is 5.73 Å². The maximum absolute atomic E-state index is 11.4. The van der Waals surface area contributed by atoms with Crippen molar-refractivity contribution in [2.75, 3.05) is 14.2 Å². The summed E-state index contributed by atoms with van der Waals surface area (Å²) in [6.45, 7) is 0. The van der Waals surface area contributed by atoms with Crippen molar-refractivity contribution in [2.24, 2.45) is 5.73 Å². The number of hydrogen-bond donors (Lipinski definition) is 1. The number of carbonyl (C=O) groups excluding carboxylic acids is 2. The number of hydroxylamine groups is 2. The lowest BCUT2D eigenvalue weighted by Crippen LogP contribution is -2.22. The van der Waals surface area contributed by atoms with Gasteiger partial charge in [-0.25, -0.2) is 5.06 Å². The Morgan fingerprint density at radius 1 is 1.41 bits per heavy atom.